The van der Waals surface area contributed by atoms with Crippen molar-refractivity contribution in [1.82, 2.24) is 0 Å². The van der Waals surface area contributed by atoms with E-state index >= 15 is 0 Å². The quantitative estimate of drug-likeness (QED) is 0.882. The Labute approximate surface area is 119 Å². The van der Waals surface area contributed by atoms with Gasteiger partial charge in [-0.15, -0.1) is 0 Å². The summed E-state index contributed by atoms with van der Waals surface area (Å²) in [6, 6.07) is 13.0. The number of rotatable bonds is 5. The second-order valence-corrected chi connectivity index (χ2v) is 5.02. The van der Waals surface area contributed by atoms with Gasteiger partial charge in [-0.2, -0.15) is 0 Å². The molecule has 0 aliphatic carbocycles. The molecule has 0 spiro atoms. The normalized spacial score (nSPS) is 12.0. The van der Waals surface area contributed by atoms with Crippen LogP contribution in [-0.4, -0.2) is 13.2 Å². The average molecular weight is 273 g/mol. The Morgan fingerprint density at radius 1 is 1.20 bits per heavy atom. The molecular formula is C17H20FNO. The third-order valence-electron chi connectivity index (χ3n) is 3.32. The largest absolute Gasteiger partial charge is 0.497 e. The summed E-state index contributed by atoms with van der Waals surface area (Å²) < 4.78 is 18.8. The standard InChI is InChI=1S/C17H20FNO/c1-12-10-15(20-3)8-9-17(12)19-13(2)11-14-6-4-5-7-16(14)18/h4-10,13,19H,11H2,1-3H3. The van der Waals surface area contributed by atoms with Crippen molar-refractivity contribution >= 4 is 5.69 Å². The SMILES string of the molecule is COc1ccc(NC(C)Cc2ccccc2F)c(C)c1. The van der Waals surface area contributed by atoms with Gasteiger partial charge in [-0.3, -0.25) is 0 Å². The fraction of sp³-hybridized carbons (Fsp3) is 0.294. The van der Waals surface area contributed by atoms with E-state index in [-0.39, 0.29) is 11.9 Å². The van der Waals surface area contributed by atoms with Crippen LogP contribution in [-0.2, 0) is 6.42 Å². The van der Waals surface area contributed by atoms with E-state index in [0.29, 0.717) is 6.42 Å². The molecule has 2 aromatic rings. The van der Waals surface area contributed by atoms with Gasteiger partial charge in [-0.25, -0.2) is 4.39 Å². The zero-order valence-corrected chi connectivity index (χ0v) is 12.1. The van der Waals surface area contributed by atoms with Crippen molar-refractivity contribution in [3.8, 4) is 5.75 Å². The molecule has 0 saturated carbocycles. The first-order chi connectivity index (χ1) is 9.60. The first-order valence-electron chi connectivity index (χ1n) is 6.74. The van der Waals surface area contributed by atoms with Crippen molar-refractivity contribution in [3.63, 3.8) is 0 Å². The molecule has 0 aliphatic heterocycles. The molecule has 0 aliphatic rings. The number of benzene rings is 2. The fourth-order valence-corrected chi connectivity index (χ4v) is 2.24. The monoisotopic (exact) mass is 273 g/mol. The van der Waals surface area contributed by atoms with Crippen LogP contribution in [0.3, 0.4) is 0 Å². The minimum atomic E-state index is -0.146. The summed E-state index contributed by atoms with van der Waals surface area (Å²) in [5, 5.41) is 3.41. The molecule has 2 nitrogen and oxygen atoms in total. The van der Waals surface area contributed by atoms with Gasteiger partial charge >= 0.3 is 0 Å². The zero-order valence-electron chi connectivity index (χ0n) is 12.1. The molecule has 1 atom stereocenters. The van der Waals surface area contributed by atoms with E-state index in [9.17, 15) is 4.39 Å². The van der Waals surface area contributed by atoms with Crippen molar-refractivity contribution in [2.75, 3.05) is 12.4 Å². The number of nitrogens with one attached hydrogen (secondary N) is 1. The lowest BCUT2D eigenvalue weighted by atomic mass is 10.1. The molecule has 1 unspecified atom stereocenters. The highest BCUT2D eigenvalue weighted by molar-refractivity contribution is 5.54. The Kier molecular flexibility index (Phi) is 4.61. The van der Waals surface area contributed by atoms with E-state index in [1.165, 1.54) is 6.07 Å². The first kappa shape index (κ1) is 14.4. The summed E-state index contributed by atoms with van der Waals surface area (Å²) in [7, 11) is 1.66. The van der Waals surface area contributed by atoms with Gasteiger partial charge in [-0.05, 0) is 55.7 Å². The van der Waals surface area contributed by atoms with Crippen LogP contribution in [0.1, 0.15) is 18.1 Å². The smallest absolute Gasteiger partial charge is 0.126 e. The van der Waals surface area contributed by atoms with Crippen LogP contribution in [0.15, 0.2) is 42.5 Å². The van der Waals surface area contributed by atoms with E-state index in [1.54, 1.807) is 13.2 Å². The Bertz CT molecular complexity index is 583. The molecule has 0 aromatic heterocycles. The number of halogens is 1. The van der Waals surface area contributed by atoms with E-state index in [4.69, 9.17) is 4.74 Å². The second kappa shape index (κ2) is 6.42. The van der Waals surface area contributed by atoms with Gasteiger partial charge in [-0.1, -0.05) is 18.2 Å². The maximum Gasteiger partial charge on any atom is 0.126 e. The van der Waals surface area contributed by atoms with Crippen LogP contribution in [0.5, 0.6) is 5.75 Å². The Balaban J connectivity index is 2.05. The van der Waals surface area contributed by atoms with Gasteiger partial charge in [0.1, 0.15) is 11.6 Å². The number of methoxy groups -OCH3 is 1. The Morgan fingerprint density at radius 3 is 2.60 bits per heavy atom. The minimum absolute atomic E-state index is 0.146. The highest BCUT2D eigenvalue weighted by Crippen LogP contribution is 2.22. The molecule has 0 fully saturated rings. The molecule has 106 valence electrons. The summed E-state index contributed by atoms with van der Waals surface area (Å²) in [5.41, 5.74) is 2.90. The predicted octanol–water partition coefficient (Wildman–Crippen LogP) is 4.19. The topological polar surface area (TPSA) is 21.3 Å². The van der Waals surface area contributed by atoms with Gasteiger partial charge < -0.3 is 10.1 Å². The zero-order chi connectivity index (χ0) is 14.5. The molecule has 2 rings (SSSR count). The molecule has 20 heavy (non-hydrogen) atoms. The van der Waals surface area contributed by atoms with Crippen LogP contribution in [0, 0.1) is 12.7 Å². The molecule has 0 amide bonds. The summed E-state index contributed by atoms with van der Waals surface area (Å²) >= 11 is 0. The van der Waals surface area contributed by atoms with Crippen molar-refractivity contribution in [2.24, 2.45) is 0 Å². The van der Waals surface area contributed by atoms with E-state index < -0.39 is 0 Å². The number of hydrogen-bond acceptors (Lipinski definition) is 2. The van der Waals surface area contributed by atoms with Gasteiger partial charge in [0.2, 0.25) is 0 Å². The summed E-state index contributed by atoms with van der Waals surface area (Å²) in [4.78, 5) is 0. The molecule has 0 heterocycles. The molecule has 0 saturated heterocycles. The highest BCUT2D eigenvalue weighted by Gasteiger charge is 2.09. The lowest BCUT2D eigenvalue weighted by Crippen LogP contribution is -2.19. The highest BCUT2D eigenvalue weighted by atomic mass is 19.1. The molecule has 1 N–H and O–H groups in total. The third kappa shape index (κ3) is 3.50. The lowest BCUT2D eigenvalue weighted by molar-refractivity contribution is 0.414. The lowest BCUT2D eigenvalue weighted by Gasteiger charge is -2.18. The van der Waals surface area contributed by atoms with E-state index in [2.05, 4.69) is 12.2 Å². The summed E-state index contributed by atoms with van der Waals surface area (Å²) in [5.74, 6) is 0.697. The predicted molar refractivity (Wildman–Crippen MR) is 80.9 cm³/mol. The van der Waals surface area contributed by atoms with E-state index in [1.807, 2.05) is 37.3 Å². The summed E-state index contributed by atoms with van der Waals surface area (Å²) in [6.45, 7) is 4.08. The first-order valence-corrected chi connectivity index (χ1v) is 6.74. The fourth-order valence-electron chi connectivity index (χ4n) is 2.24. The molecule has 3 heteroatoms. The van der Waals surface area contributed by atoms with Crippen molar-refractivity contribution in [1.29, 1.82) is 0 Å². The van der Waals surface area contributed by atoms with Crippen LogP contribution in [0.2, 0.25) is 0 Å². The van der Waals surface area contributed by atoms with Crippen molar-refractivity contribution in [3.05, 3.63) is 59.4 Å². The maximum absolute atomic E-state index is 13.6. The molecular weight excluding hydrogens is 253 g/mol. The number of aryl methyl sites for hydroxylation is 1. The Morgan fingerprint density at radius 2 is 1.95 bits per heavy atom. The molecule has 0 bridgehead atoms. The minimum Gasteiger partial charge on any atom is -0.497 e. The number of anilines is 1. The van der Waals surface area contributed by atoms with Crippen LogP contribution >= 0.6 is 0 Å². The van der Waals surface area contributed by atoms with Gasteiger partial charge in [0.05, 0.1) is 7.11 Å². The third-order valence-corrected chi connectivity index (χ3v) is 3.32. The summed E-state index contributed by atoms with van der Waals surface area (Å²) in [6.07, 6.45) is 0.651. The van der Waals surface area contributed by atoms with Crippen LogP contribution in [0.4, 0.5) is 10.1 Å². The number of hydrogen-bond donors (Lipinski definition) is 1. The van der Waals surface area contributed by atoms with Crippen molar-refractivity contribution < 1.29 is 9.13 Å². The van der Waals surface area contributed by atoms with E-state index in [0.717, 1.165) is 22.6 Å². The second-order valence-electron chi connectivity index (χ2n) is 5.02. The maximum atomic E-state index is 13.6. The molecule has 2 aromatic carbocycles. The number of ether oxygens (including phenoxy) is 1. The molecule has 0 radical (unpaired) electrons. The van der Waals surface area contributed by atoms with Crippen LogP contribution < -0.4 is 10.1 Å². The van der Waals surface area contributed by atoms with Gasteiger partial charge in [0.25, 0.3) is 0 Å². The average Bonchev–Trinajstić information content (AvgIpc) is 2.43. The Hall–Kier alpha value is -2.03. The van der Waals surface area contributed by atoms with Gasteiger partial charge in [0, 0.05) is 11.7 Å². The van der Waals surface area contributed by atoms with Crippen molar-refractivity contribution in [2.45, 2.75) is 26.3 Å². The van der Waals surface area contributed by atoms with Crippen LogP contribution in [0.25, 0.3) is 0 Å². The van der Waals surface area contributed by atoms with Gasteiger partial charge in [0.15, 0.2) is 0 Å².